The second-order valence-electron chi connectivity index (χ2n) is 4.31. The molecule has 2 N–H and O–H groups in total. The van der Waals surface area contributed by atoms with Crippen molar-refractivity contribution >= 4 is 30.4 Å². The summed E-state index contributed by atoms with van der Waals surface area (Å²) in [7, 11) is 0. The molecule has 5 nitrogen and oxygen atoms in total. The number of carbonyl (C=O) groups excluding carboxylic acids is 3. The number of thiol groups is 1. The van der Waals surface area contributed by atoms with Crippen LogP contribution in [0.3, 0.4) is 0 Å². The van der Waals surface area contributed by atoms with Crippen molar-refractivity contribution < 1.29 is 44.2 Å². The zero-order valence-electron chi connectivity index (χ0n) is 13.7. The van der Waals surface area contributed by atoms with E-state index in [1.54, 1.807) is 6.26 Å². The predicted octanol–water partition coefficient (Wildman–Crippen LogP) is 1.80. The number of alkyl halides is 1. The third-order valence-corrected chi connectivity index (χ3v) is 2.78. The normalized spacial score (nSPS) is 22.1. The van der Waals surface area contributed by atoms with E-state index in [2.05, 4.69) is 29.3 Å². The number of piperidine rings is 1. The van der Waals surface area contributed by atoms with Gasteiger partial charge in [-0.25, -0.2) is 4.39 Å². The SMILES string of the molecule is CC.CS.O=C1CCC(NC(=O)C2=CC(F)CC(F)=[C-]2)C(=O)N1.[W]. The quantitative estimate of drug-likeness (QED) is 0.289. The van der Waals surface area contributed by atoms with Gasteiger partial charge >= 0.3 is 0 Å². The summed E-state index contributed by atoms with van der Waals surface area (Å²) in [6.45, 7) is 4.00. The van der Waals surface area contributed by atoms with Gasteiger partial charge < -0.3 is 10.1 Å². The minimum atomic E-state index is -1.58. The van der Waals surface area contributed by atoms with E-state index in [-0.39, 0.29) is 39.5 Å². The van der Waals surface area contributed by atoms with Crippen molar-refractivity contribution in [3.63, 3.8) is 0 Å². The molecule has 3 amide bonds. The Kier molecular flexibility index (Phi) is 14.0. The maximum absolute atomic E-state index is 13.1. The van der Waals surface area contributed by atoms with E-state index in [1.165, 1.54) is 0 Å². The van der Waals surface area contributed by atoms with Crippen LogP contribution in [0.4, 0.5) is 8.78 Å². The number of halogens is 2. The first-order valence-electron chi connectivity index (χ1n) is 7.19. The Balaban J connectivity index is 0. The van der Waals surface area contributed by atoms with Gasteiger partial charge in [0.05, 0.1) is 12.2 Å². The average Bonchev–Trinajstić information content (AvgIpc) is 2.53. The number of carbonyl (C=O) groups is 3. The standard InChI is InChI=1S/C12H11F2N2O3.C2H6.CH4S.W/c13-7-3-6(4-8(14)5-7)11(18)15-9-1-2-10(17)16-12(9)19;2*1-2;/h3,7,9H,1-2,5H2,(H,15,18)(H,16,17,19);1-2H3;2H,1H3;/q-1;;;. The van der Waals surface area contributed by atoms with E-state index >= 15 is 0 Å². The van der Waals surface area contributed by atoms with Gasteiger partial charge in [0.25, 0.3) is 0 Å². The molecule has 0 saturated carbocycles. The number of amides is 3. The number of imide groups is 1. The van der Waals surface area contributed by atoms with Gasteiger partial charge in [-0.2, -0.15) is 12.6 Å². The van der Waals surface area contributed by atoms with Crippen LogP contribution in [0, 0.1) is 6.08 Å². The molecule has 24 heavy (non-hydrogen) atoms. The Labute approximate surface area is 160 Å². The van der Waals surface area contributed by atoms with E-state index in [4.69, 9.17) is 0 Å². The summed E-state index contributed by atoms with van der Waals surface area (Å²) < 4.78 is 26.0. The maximum atomic E-state index is 13.1. The molecule has 1 aliphatic heterocycles. The Hall–Kier alpha value is -1.01. The maximum Gasteiger partial charge on any atom is 0.248 e. The van der Waals surface area contributed by atoms with Gasteiger partial charge in [-0.1, -0.05) is 13.8 Å². The van der Waals surface area contributed by atoms with E-state index in [0.29, 0.717) is 0 Å². The molecular formula is C15H21F2N2O3SW-. The molecule has 0 spiro atoms. The summed E-state index contributed by atoms with van der Waals surface area (Å²) in [4.78, 5) is 34.1. The van der Waals surface area contributed by atoms with Gasteiger partial charge in [-0.15, -0.1) is 17.7 Å². The first kappa shape index (κ1) is 25.2. The van der Waals surface area contributed by atoms with Crippen LogP contribution in [-0.4, -0.2) is 36.2 Å². The number of hydrogen-bond donors (Lipinski definition) is 3. The second kappa shape index (κ2) is 13.3. The summed E-state index contributed by atoms with van der Waals surface area (Å²) in [5.74, 6) is -2.66. The Morgan fingerprint density at radius 2 is 1.96 bits per heavy atom. The van der Waals surface area contributed by atoms with Crippen LogP contribution in [0.25, 0.3) is 0 Å². The summed E-state index contributed by atoms with van der Waals surface area (Å²) in [5, 5.41) is 4.39. The van der Waals surface area contributed by atoms with Crippen molar-refractivity contribution in [1.29, 1.82) is 0 Å². The molecule has 2 atom stereocenters. The molecule has 1 fully saturated rings. The van der Waals surface area contributed by atoms with E-state index in [9.17, 15) is 23.2 Å². The Morgan fingerprint density at radius 3 is 2.46 bits per heavy atom. The summed E-state index contributed by atoms with van der Waals surface area (Å²) in [6, 6.07) is -0.879. The van der Waals surface area contributed by atoms with Crippen molar-refractivity contribution in [2.45, 2.75) is 45.3 Å². The molecule has 1 saturated heterocycles. The van der Waals surface area contributed by atoms with Gasteiger partial charge in [-0.3, -0.25) is 19.3 Å². The van der Waals surface area contributed by atoms with Crippen molar-refractivity contribution in [3.8, 4) is 0 Å². The van der Waals surface area contributed by atoms with Crippen LogP contribution in [-0.2, 0) is 35.4 Å². The van der Waals surface area contributed by atoms with E-state index in [0.717, 1.165) is 6.08 Å². The second-order valence-corrected chi connectivity index (χ2v) is 4.31. The Bertz CT molecular complexity index is 513. The molecule has 0 radical (unpaired) electrons. The van der Waals surface area contributed by atoms with Gasteiger partial charge in [0.2, 0.25) is 11.8 Å². The van der Waals surface area contributed by atoms with Gasteiger partial charge in [0.1, 0.15) is 5.91 Å². The minimum Gasteiger partial charge on any atom is -0.394 e. The zero-order valence-corrected chi connectivity index (χ0v) is 17.5. The van der Waals surface area contributed by atoms with Crippen molar-refractivity contribution in [3.05, 3.63) is 23.6 Å². The van der Waals surface area contributed by atoms with Gasteiger partial charge in [-0.05, 0) is 12.7 Å². The largest absolute Gasteiger partial charge is 0.394 e. The molecule has 9 heteroatoms. The molecular weight excluding hydrogens is 510 g/mol. The molecule has 2 rings (SSSR count). The molecule has 0 aromatic rings. The van der Waals surface area contributed by atoms with Gasteiger partial charge in [0, 0.05) is 39.7 Å². The third-order valence-electron chi connectivity index (χ3n) is 2.78. The molecule has 0 bridgehead atoms. The zero-order chi connectivity index (χ0) is 18.0. The first-order chi connectivity index (χ1) is 11.0. The van der Waals surface area contributed by atoms with Crippen LogP contribution in [0.5, 0.6) is 0 Å². The number of rotatable bonds is 2. The summed E-state index contributed by atoms with van der Waals surface area (Å²) >= 11 is 3.53. The molecule has 0 aromatic heterocycles. The van der Waals surface area contributed by atoms with Crippen molar-refractivity contribution in [1.82, 2.24) is 10.6 Å². The number of allylic oxidation sites excluding steroid dienone is 2. The molecule has 2 unspecified atom stereocenters. The third kappa shape index (κ3) is 8.19. The summed E-state index contributed by atoms with van der Waals surface area (Å²) in [5.41, 5.74) is -0.277. The fourth-order valence-corrected chi connectivity index (χ4v) is 1.85. The van der Waals surface area contributed by atoms with E-state index < -0.39 is 42.2 Å². The summed E-state index contributed by atoms with van der Waals surface area (Å²) in [6.07, 6.45) is 3.02. The fraction of sp³-hybridized carbons (Fsp3) is 0.533. The molecule has 1 heterocycles. The molecule has 136 valence electrons. The van der Waals surface area contributed by atoms with Crippen LogP contribution in [0.1, 0.15) is 33.1 Å². The number of hydrogen-bond acceptors (Lipinski definition) is 4. The van der Waals surface area contributed by atoms with E-state index in [1.807, 2.05) is 13.8 Å². The first-order valence-corrected chi connectivity index (χ1v) is 8.08. The van der Waals surface area contributed by atoms with Crippen LogP contribution >= 0.6 is 12.6 Å². The Morgan fingerprint density at radius 1 is 1.38 bits per heavy atom. The van der Waals surface area contributed by atoms with Gasteiger partial charge in [0.15, 0.2) is 0 Å². The fourth-order valence-electron chi connectivity index (χ4n) is 1.85. The van der Waals surface area contributed by atoms with Crippen LogP contribution in [0.2, 0.25) is 0 Å². The minimum absolute atomic E-state index is 0. The smallest absolute Gasteiger partial charge is 0.248 e. The average molecular weight is 531 g/mol. The van der Waals surface area contributed by atoms with Crippen molar-refractivity contribution in [2.75, 3.05) is 6.26 Å². The monoisotopic (exact) mass is 531 g/mol. The molecule has 1 aliphatic carbocycles. The molecule has 0 aromatic carbocycles. The van der Waals surface area contributed by atoms with Crippen LogP contribution in [0.15, 0.2) is 17.5 Å². The molecule has 2 aliphatic rings. The predicted molar refractivity (Wildman–Crippen MR) is 86.0 cm³/mol. The van der Waals surface area contributed by atoms with Crippen molar-refractivity contribution in [2.24, 2.45) is 0 Å². The topological polar surface area (TPSA) is 75.3 Å². The van der Waals surface area contributed by atoms with Crippen LogP contribution < -0.4 is 10.6 Å². The number of nitrogens with one attached hydrogen (secondary N) is 2.